The van der Waals surface area contributed by atoms with Crippen molar-refractivity contribution in [3.8, 4) is 5.75 Å². The lowest BCUT2D eigenvalue weighted by atomic mass is 9.95. The Morgan fingerprint density at radius 1 is 1.38 bits per heavy atom. The maximum atomic E-state index is 5.54. The molecule has 2 aliphatic rings. The molecule has 0 amide bonds. The van der Waals surface area contributed by atoms with E-state index in [-0.39, 0.29) is 0 Å². The third-order valence-electron chi connectivity index (χ3n) is 3.86. The van der Waals surface area contributed by atoms with Crippen molar-refractivity contribution in [3.63, 3.8) is 0 Å². The third kappa shape index (κ3) is 1.88. The van der Waals surface area contributed by atoms with Gasteiger partial charge in [-0.3, -0.25) is 0 Å². The van der Waals surface area contributed by atoms with E-state index in [2.05, 4.69) is 41.1 Å². The Morgan fingerprint density at radius 3 is 2.94 bits per heavy atom. The Bertz CT molecular complexity index is 398. The summed E-state index contributed by atoms with van der Waals surface area (Å²) in [5.41, 5.74) is 2.80. The van der Waals surface area contributed by atoms with Crippen LogP contribution in [0.5, 0.6) is 5.75 Å². The number of rotatable bonds is 3. The number of ether oxygens (including phenoxy) is 1. The minimum atomic E-state index is 0.505. The average Bonchev–Trinajstić information content (AvgIpc) is 3.05. The molecular weight excluding hydrogens is 264 g/mol. The molecule has 16 heavy (non-hydrogen) atoms. The molecule has 1 aromatic carbocycles. The van der Waals surface area contributed by atoms with E-state index in [0.717, 1.165) is 30.6 Å². The summed E-state index contributed by atoms with van der Waals surface area (Å²) in [6.07, 6.45) is 3.90. The second kappa shape index (κ2) is 4.06. The molecule has 0 saturated heterocycles. The molecule has 1 nitrogen and oxygen atoms in total. The fourth-order valence-corrected chi connectivity index (χ4v) is 3.26. The Labute approximate surface area is 105 Å². The van der Waals surface area contributed by atoms with Crippen LogP contribution in [-0.4, -0.2) is 6.61 Å². The summed E-state index contributed by atoms with van der Waals surface area (Å²) in [5, 5.41) is 0. The summed E-state index contributed by atoms with van der Waals surface area (Å²) in [6.45, 7) is 3.21. The van der Waals surface area contributed by atoms with E-state index < -0.39 is 0 Å². The van der Waals surface area contributed by atoms with Gasteiger partial charge in [-0.1, -0.05) is 35.0 Å². The highest BCUT2D eigenvalue weighted by atomic mass is 79.9. The second-order valence-corrected chi connectivity index (χ2v) is 6.05. The summed E-state index contributed by atoms with van der Waals surface area (Å²) < 4.78 is 5.54. The highest BCUT2D eigenvalue weighted by Gasteiger charge is 2.33. The molecule has 0 aromatic heterocycles. The van der Waals surface area contributed by atoms with Gasteiger partial charge in [0.25, 0.3) is 0 Å². The number of halogens is 1. The van der Waals surface area contributed by atoms with Gasteiger partial charge in [-0.15, -0.1) is 0 Å². The first kappa shape index (κ1) is 10.6. The predicted octanol–water partition coefficient (Wildman–Crippen LogP) is 4.10. The summed E-state index contributed by atoms with van der Waals surface area (Å²) >= 11 is 3.86. The lowest BCUT2D eigenvalue weighted by molar-refractivity contribution is 0.356. The number of benzene rings is 1. The van der Waals surface area contributed by atoms with Crippen molar-refractivity contribution in [2.45, 2.75) is 31.0 Å². The van der Waals surface area contributed by atoms with Crippen LogP contribution in [0.3, 0.4) is 0 Å². The van der Waals surface area contributed by atoms with Crippen LogP contribution in [0.25, 0.3) is 0 Å². The first-order valence-corrected chi connectivity index (χ1v) is 7.07. The topological polar surface area (TPSA) is 9.23 Å². The minimum Gasteiger partial charge on any atom is -0.493 e. The normalized spacial score (nSPS) is 22.4. The molecule has 2 atom stereocenters. The Morgan fingerprint density at radius 2 is 2.19 bits per heavy atom. The standard InChI is InChI=1S/C14H17BrO/c1-9(10-2-3-10)14(15)12-4-5-13-11(8-12)6-7-16-13/h4-5,8-10,14H,2-3,6-7H2,1H3. The van der Waals surface area contributed by atoms with E-state index in [4.69, 9.17) is 4.74 Å². The molecule has 1 aromatic rings. The molecule has 2 unspecified atom stereocenters. The molecule has 1 aliphatic carbocycles. The van der Waals surface area contributed by atoms with E-state index in [9.17, 15) is 0 Å². The summed E-state index contributed by atoms with van der Waals surface area (Å²) in [5.74, 6) is 2.77. The largest absolute Gasteiger partial charge is 0.493 e. The molecule has 0 N–H and O–H groups in total. The first-order valence-electron chi connectivity index (χ1n) is 6.15. The fraction of sp³-hybridized carbons (Fsp3) is 0.571. The van der Waals surface area contributed by atoms with Crippen LogP contribution in [0.4, 0.5) is 0 Å². The van der Waals surface area contributed by atoms with Crippen molar-refractivity contribution in [2.24, 2.45) is 11.8 Å². The van der Waals surface area contributed by atoms with Crippen LogP contribution >= 0.6 is 15.9 Å². The maximum Gasteiger partial charge on any atom is 0.122 e. The first-order chi connectivity index (χ1) is 7.75. The zero-order chi connectivity index (χ0) is 11.1. The molecule has 1 heterocycles. The SMILES string of the molecule is CC(C1CC1)C(Br)c1ccc2c(c1)CCO2. The molecule has 3 rings (SSSR count). The van der Waals surface area contributed by atoms with E-state index in [0.29, 0.717) is 4.83 Å². The predicted molar refractivity (Wildman–Crippen MR) is 69.2 cm³/mol. The van der Waals surface area contributed by atoms with Gasteiger partial charge in [0.1, 0.15) is 5.75 Å². The van der Waals surface area contributed by atoms with Crippen LogP contribution < -0.4 is 4.74 Å². The number of fused-ring (bicyclic) bond motifs is 1. The lowest BCUT2D eigenvalue weighted by Gasteiger charge is -2.18. The summed E-state index contributed by atoms with van der Waals surface area (Å²) in [4.78, 5) is 0.505. The molecule has 2 heteroatoms. The van der Waals surface area contributed by atoms with Crippen LogP contribution in [0.1, 0.15) is 35.7 Å². The van der Waals surface area contributed by atoms with E-state index in [1.807, 2.05) is 0 Å². The molecule has 1 aliphatic heterocycles. The van der Waals surface area contributed by atoms with Gasteiger partial charge in [-0.25, -0.2) is 0 Å². The smallest absolute Gasteiger partial charge is 0.122 e. The Kier molecular flexibility index (Phi) is 2.70. The quantitative estimate of drug-likeness (QED) is 0.758. The van der Waals surface area contributed by atoms with Gasteiger partial charge < -0.3 is 4.74 Å². The molecule has 86 valence electrons. The monoisotopic (exact) mass is 280 g/mol. The summed E-state index contributed by atoms with van der Waals surface area (Å²) in [6, 6.07) is 6.66. The van der Waals surface area contributed by atoms with Crippen LogP contribution in [-0.2, 0) is 6.42 Å². The third-order valence-corrected chi connectivity index (χ3v) is 5.22. The fourth-order valence-electron chi connectivity index (χ4n) is 2.54. The van der Waals surface area contributed by atoms with E-state index in [1.54, 1.807) is 0 Å². The highest BCUT2D eigenvalue weighted by Crippen LogP contribution is 2.46. The Balaban J connectivity index is 1.82. The minimum absolute atomic E-state index is 0.505. The highest BCUT2D eigenvalue weighted by molar-refractivity contribution is 9.09. The van der Waals surface area contributed by atoms with Crippen molar-refractivity contribution < 1.29 is 4.74 Å². The van der Waals surface area contributed by atoms with Gasteiger partial charge in [-0.05, 0) is 41.9 Å². The number of alkyl halides is 1. The van der Waals surface area contributed by atoms with Crippen LogP contribution in [0, 0.1) is 11.8 Å². The average molecular weight is 281 g/mol. The molecule has 0 bridgehead atoms. The van der Waals surface area contributed by atoms with Gasteiger partial charge in [0.05, 0.1) is 6.61 Å². The molecule has 0 spiro atoms. The van der Waals surface area contributed by atoms with Gasteiger partial charge >= 0.3 is 0 Å². The molecule has 1 fully saturated rings. The zero-order valence-electron chi connectivity index (χ0n) is 9.58. The van der Waals surface area contributed by atoms with Gasteiger partial charge in [-0.2, -0.15) is 0 Å². The van der Waals surface area contributed by atoms with Crippen molar-refractivity contribution in [1.82, 2.24) is 0 Å². The van der Waals surface area contributed by atoms with Crippen molar-refractivity contribution in [3.05, 3.63) is 29.3 Å². The van der Waals surface area contributed by atoms with Gasteiger partial charge in [0, 0.05) is 11.2 Å². The van der Waals surface area contributed by atoms with Gasteiger partial charge in [0.15, 0.2) is 0 Å². The summed E-state index contributed by atoms with van der Waals surface area (Å²) in [7, 11) is 0. The maximum absolute atomic E-state index is 5.54. The second-order valence-electron chi connectivity index (χ2n) is 5.06. The lowest BCUT2D eigenvalue weighted by Crippen LogP contribution is -2.05. The van der Waals surface area contributed by atoms with E-state index in [1.165, 1.54) is 24.0 Å². The molecule has 1 saturated carbocycles. The number of hydrogen-bond acceptors (Lipinski definition) is 1. The van der Waals surface area contributed by atoms with E-state index >= 15 is 0 Å². The van der Waals surface area contributed by atoms with Gasteiger partial charge in [0.2, 0.25) is 0 Å². The van der Waals surface area contributed by atoms with Crippen LogP contribution in [0.2, 0.25) is 0 Å². The van der Waals surface area contributed by atoms with Crippen LogP contribution in [0.15, 0.2) is 18.2 Å². The molecule has 0 radical (unpaired) electrons. The Hall–Kier alpha value is -0.500. The van der Waals surface area contributed by atoms with Crippen molar-refractivity contribution in [2.75, 3.05) is 6.61 Å². The van der Waals surface area contributed by atoms with Crippen molar-refractivity contribution in [1.29, 1.82) is 0 Å². The number of hydrogen-bond donors (Lipinski definition) is 0. The zero-order valence-corrected chi connectivity index (χ0v) is 11.2. The van der Waals surface area contributed by atoms with Crippen molar-refractivity contribution >= 4 is 15.9 Å². The molecular formula is C14H17BrO.